The summed E-state index contributed by atoms with van der Waals surface area (Å²) < 4.78 is 6.34. The SMILES string of the molecule is COc1ccc(C2=NN(c3nc4ccccc4s3)C(=O)/C2=C(/C)Nc2ccccc2Sc2ccccc2)cc1. The molecule has 192 valence electrons. The lowest BCUT2D eigenvalue weighted by Gasteiger charge is -2.15. The zero-order valence-electron chi connectivity index (χ0n) is 21.3. The van der Waals surface area contributed by atoms with Crippen molar-refractivity contribution in [3.05, 3.63) is 120 Å². The van der Waals surface area contributed by atoms with E-state index in [0.29, 0.717) is 22.1 Å². The van der Waals surface area contributed by atoms with Gasteiger partial charge in [0.2, 0.25) is 5.13 Å². The maximum atomic E-state index is 13.9. The van der Waals surface area contributed by atoms with Crippen LogP contribution in [0.5, 0.6) is 5.75 Å². The van der Waals surface area contributed by atoms with Gasteiger partial charge in [-0.05, 0) is 67.6 Å². The van der Waals surface area contributed by atoms with Gasteiger partial charge in [0.1, 0.15) is 11.5 Å². The number of para-hydroxylation sites is 2. The second-order valence-corrected chi connectivity index (χ2v) is 10.9. The van der Waals surface area contributed by atoms with E-state index < -0.39 is 0 Å². The first-order chi connectivity index (χ1) is 19.1. The number of hydrogen-bond acceptors (Lipinski definition) is 7. The molecule has 4 aromatic carbocycles. The Morgan fingerprint density at radius 2 is 1.62 bits per heavy atom. The molecule has 0 aliphatic carbocycles. The first-order valence-corrected chi connectivity index (χ1v) is 14.0. The number of fused-ring (bicyclic) bond motifs is 1. The molecule has 1 aromatic heterocycles. The Labute approximate surface area is 234 Å². The van der Waals surface area contributed by atoms with E-state index in [-0.39, 0.29) is 5.91 Å². The molecule has 0 saturated carbocycles. The minimum absolute atomic E-state index is 0.224. The van der Waals surface area contributed by atoms with Crippen molar-refractivity contribution in [2.24, 2.45) is 5.10 Å². The molecule has 8 heteroatoms. The number of hydrazone groups is 1. The molecule has 0 bridgehead atoms. The fourth-order valence-electron chi connectivity index (χ4n) is 4.31. The van der Waals surface area contributed by atoms with Crippen LogP contribution in [0.3, 0.4) is 0 Å². The molecule has 1 aliphatic heterocycles. The van der Waals surface area contributed by atoms with Crippen molar-refractivity contribution in [2.45, 2.75) is 16.7 Å². The molecule has 6 nitrogen and oxygen atoms in total. The molecule has 0 saturated heterocycles. The van der Waals surface area contributed by atoms with Gasteiger partial charge in [-0.25, -0.2) is 4.98 Å². The predicted molar refractivity (Wildman–Crippen MR) is 160 cm³/mol. The van der Waals surface area contributed by atoms with Crippen LogP contribution in [0, 0.1) is 0 Å². The molecular formula is C31H24N4O2S2. The van der Waals surface area contributed by atoms with E-state index in [1.165, 1.54) is 16.3 Å². The molecule has 1 N–H and O–H groups in total. The van der Waals surface area contributed by atoms with Crippen LogP contribution in [0.25, 0.3) is 10.2 Å². The highest BCUT2D eigenvalue weighted by Gasteiger charge is 2.35. The average molecular weight is 549 g/mol. The van der Waals surface area contributed by atoms with Gasteiger partial charge in [0.25, 0.3) is 5.91 Å². The van der Waals surface area contributed by atoms with E-state index in [4.69, 9.17) is 9.84 Å². The van der Waals surface area contributed by atoms with Crippen LogP contribution in [-0.4, -0.2) is 23.7 Å². The molecule has 5 aromatic rings. The standard InChI is InChI=1S/C31H24N4O2S2/c1-20(32-24-12-6-8-14-26(24)38-23-10-4-3-5-11-23)28-29(21-16-18-22(37-2)19-17-21)34-35(30(28)36)31-33-25-13-7-9-15-27(25)39-31/h3-19,32H,1-2H3/b28-20-. The van der Waals surface area contributed by atoms with E-state index >= 15 is 0 Å². The van der Waals surface area contributed by atoms with Crippen LogP contribution in [0.15, 0.2) is 129 Å². The van der Waals surface area contributed by atoms with Crippen molar-refractivity contribution in [1.29, 1.82) is 0 Å². The third kappa shape index (κ3) is 5.04. The summed E-state index contributed by atoms with van der Waals surface area (Å²) in [6.45, 7) is 1.91. The summed E-state index contributed by atoms with van der Waals surface area (Å²) >= 11 is 3.11. The first kappa shape index (κ1) is 24.9. The number of methoxy groups -OCH3 is 1. The summed E-state index contributed by atoms with van der Waals surface area (Å²) in [7, 11) is 1.63. The van der Waals surface area contributed by atoms with Crippen LogP contribution in [0.4, 0.5) is 10.8 Å². The molecule has 0 radical (unpaired) electrons. The zero-order valence-corrected chi connectivity index (χ0v) is 22.9. The average Bonchev–Trinajstić information content (AvgIpc) is 3.55. The second-order valence-electron chi connectivity index (χ2n) is 8.79. The topological polar surface area (TPSA) is 66.8 Å². The van der Waals surface area contributed by atoms with E-state index in [9.17, 15) is 4.79 Å². The normalized spacial score (nSPS) is 14.5. The molecule has 39 heavy (non-hydrogen) atoms. The van der Waals surface area contributed by atoms with Crippen molar-refractivity contribution < 1.29 is 9.53 Å². The van der Waals surface area contributed by atoms with Crippen LogP contribution < -0.4 is 15.1 Å². The number of ether oxygens (including phenoxy) is 1. The zero-order chi connectivity index (χ0) is 26.8. The number of hydrogen-bond donors (Lipinski definition) is 1. The molecule has 0 atom stereocenters. The molecule has 0 fully saturated rings. The fraction of sp³-hybridized carbons (Fsp3) is 0.0645. The number of carbonyl (C=O) groups excluding carboxylic acids is 1. The Bertz CT molecular complexity index is 1690. The maximum absolute atomic E-state index is 13.9. The highest BCUT2D eigenvalue weighted by Crippen LogP contribution is 2.37. The van der Waals surface area contributed by atoms with Crippen LogP contribution in [0.1, 0.15) is 12.5 Å². The lowest BCUT2D eigenvalue weighted by atomic mass is 10.0. The fourth-order valence-corrected chi connectivity index (χ4v) is 6.15. The third-order valence-corrected chi connectivity index (χ3v) is 8.32. The summed E-state index contributed by atoms with van der Waals surface area (Å²) in [5.74, 6) is 0.511. The molecule has 1 amide bonds. The molecule has 6 rings (SSSR count). The maximum Gasteiger partial charge on any atom is 0.284 e. The molecular weight excluding hydrogens is 525 g/mol. The summed E-state index contributed by atoms with van der Waals surface area (Å²) in [5.41, 5.74) is 4.36. The number of nitrogens with one attached hydrogen (secondary N) is 1. The Balaban J connectivity index is 1.41. The van der Waals surface area contributed by atoms with E-state index in [1.54, 1.807) is 18.9 Å². The number of rotatable bonds is 7. The Kier molecular flexibility index (Phi) is 6.87. The predicted octanol–water partition coefficient (Wildman–Crippen LogP) is 7.59. The molecule has 1 aliphatic rings. The quantitative estimate of drug-likeness (QED) is 0.212. The smallest absolute Gasteiger partial charge is 0.284 e. The number of anilines is 2. The third-order valence-electron chi connectivity index (χ3n) is 6.23. The van der Waals surface area contributed by atoms with Crippen LogP contribution >= 0.6 is 23.1 Å². The Morgan fingerprint density at radius 3 is 2.38 bits per heavy atom. The van der Waals surface area contributed by atoms with E-state index in [2.05, 4.69) is 28.5 Å². The molecule has 0 spiro atoms. The highest BCUT2D eigenvalue weighted by molar-refractivity contribution is 7.99. The molecule has 2 heterocycles. The van der Waals surface area contributed by atoms with Gasteiger partial charge in [0.05, 0.1) is 28.6 Å². The number of allylic oxidation sites excluding steroid dienone is 1. The number of benzene rings is 4. The monoisotopic (exact) mass is 548 g/mol. The molecule has 0 unspecified atom stereocenters. The van der Waals surface area contributed by atoms with Gasteiger partial charge in [-0.3, -0.25) is 4.79 Å². The summed E-state index contributed by atoms with van der Waals surface area (Å²) in [5, 5.41) is 10.3. The van der Waals surface area contributed by atoms with Crippen molar-refractivity contribution in [1.82, 2.24) is 4.98 Å². The number of carbonyl (C=O) groups is 1. The summed E-state index contributed by atoms with van der Waals surface area (Å²) in [4.78, 5) is 20.8. The van der Waals surface area contributed by atoms with Gasteiger partial charge >= 0.3 is 0 Å². The number of aromatic nitrogens is 1. The second kappa shape index (κ2) is 10.8. The minimum Gasteiger partial charge on any atom is -0.497 e. The van der Waals surface area contributed by atoms with E-state index in [0.717, 1.165) is 37.0 Å². The number of thiazole rings is 1. The number of nitrogens with zero attached hydrogens (tertiary/aromatic N) is 3. The lowest BCUT2D eigenvalue weighted by molar-refractivity contribution is -0.114. The van der Waals surface area contributed by atoms with Gasteiger partial charge < -0.3 is 10.1 Å². The summed E-state index contributed by atoms with van der Waals surface area (Å²) in [6.07, 6.45) is 0. The Morgan fingerprint density at radius 1 is 0.897 bits per heavy atom. The van der Waals surface area contributed by atoms with Crippen molar-refractivity contribution in [2.75, 3.05) is 17.4 Å². The summed E-state index contributed by atoms with van der Waals surface area (Å²) in [6, 6.07) is 33.7. The largest absolute Gasteiger partial charge is 0.497 e. The van der Waals surface area contributed by atoms with Gasteiger partial charge in [0.15, 0.2) is 0 Å². The van der Waals surface area contributed by atoms with Gasteiger partial charge in [-0.2, -0.15) is 10.1 Å². The van der Waals surface area contributed by atoms with E-state index in [1.807, 2.05) is 91.9 Å². The van der Waals surface area contributed by atoms with Crippen molar-refractivity contribution in [3.8, 4) is 5.75 Å². The minimum atomic E-state index is -0.224. The number of amides is 1. The van der Waals surface area contributed by atoms with Crippen molar-refractivity contribution in [3.63, 3.8) is 0 Å². The lowest BCUT2D eigenvalue weighted by Crippen LogP contribution is -2.23. The van der Waals surface area contributed by atoms with Gasteiger partial charge in [-0.15, -0.1) is 0 Å². The Hall–Kier alpha value is -4.40. The first-order valence-electron chi connectivity index (χ1n) is 12.3. The van der Waals surface area contributed by atoms with Crippen LogP contribution in [0.2, 0.25) is 0 Å². The van der Waals surface area contributed by atoms with Crippen molar-refractivity contribution >= 4 is 55.8 Å². The highest BCUT2D eigenvalue weighted by atomic mass is 32.2. The van der Waals surface area contributed by atoms with Gasteiger partial charge in [0, 0.05) is 21.1 Å². The van der Waals surface area contributed by atoms with Crippen LogP contribution in [-0.2, 0) is 4.79 Å². The van der Waals surface area contributed by atoms with Gasteiger partial charge in [-0.1, -0.05) is 65.6 Å².